The molecular formula is C13H16ClF2NO4S. The van der Waals surface area contributed by atoms with Crippen molar-refractivity contribution < 1.29 is 26.7 Å². The molecule has 0 saturated carbocycles. The molecule has 2 atom stereocenters. The lowest BCUT2D eigenvalue weighted by Gasteiger charge is -2.35. The number of hydrogen-bond acceptors (Lipinski definition) is 4. The summed E-state index contributed by atoms with van der Waals surface area (Å²) in [6.45, 7) is 0.997. The average molecular weight is 356 g/mol. The average Bonchev–Trinajstić information content (AvgIpc) is 2.43. The van der Waals surface area contributed by atoms with Gasteiger partial charge in [-0.25, -0.2) is 8.42 Å². The first-order valence-corrected chi connectivity index (χ1v) is 8.41. The summed E-state index contributed by atoms with van der Waals surface area (Å²) < 4.78 is 60.6. The molecule has 1 heterocycles. The second-order valence-electron chi connectivity index (χ2n) is 5.04. The summed E-state index contributed by atoms with van der Waals surface area (Å²) in [6, 6.07) is 3.11. The Labute approximate surface area is 132 Å². The van der Waals surface area contributed by atoms with Crippen molar-refractivity contribution in [3.63, 3.8) is 0 Å². The zero-order valence-electron chi connectivity index (χ0n) is 12.0. The molecule has 0 spiro atoms. The van der Waals surface area contributed by atoms with E-state index in [-0.39, 0.29) is 34.4 Å². The third kappa shape index (κ3) is 3.68. The Morgan fingerprint density at radius 2 is 2.09 bits per heavy atom. The number of hydrogen-bond donors (Lipinski definition) is 0. The van der Waals surface area contributed by atoms with Gasteiger partial charge in [0.25, 0.3) is 0 Å². The monoisotopic (exact) mass is 355 g/mol. The van der Waals surface area contributed by atoms with E-state index < -0.39 is 16.6 Å². The van der Waals surface area contributed by atoms with Gasteiger partial charge in [0.1, 0.15) is 5.75 Å². The van der Waals surface area contributed by atoms with Crippen molar-refractivity contribution in [2.75, 3.05) is 13.2 Å². The molecule has 0 unspecified atom stereocenters. The minimum atomic E-state index is -3.79. The van der Waals surface area contributed by atoms with Crippen molar-refractivity contribution in [2.24, 2.45) is 0 Å². The second-order valence-corrected chi connectivity index (χ2v) is 7.34. The minimum absolute atomic E-state index is 0.0694. The zero-order chi connectivity index (χ0) is 16.5. The van der Waals surface area contributed by atoms with E-state index in [9.17, 15) is 17.2 Å². The molecule has 1 fully saturated rings. The standard InChI is InChI=1S/C13H16ClF2NO4S/c1-8-7-20-9(2)6-17(8)22(18,19)10-3-4-12(11(14)5-10)21-13(15)16/h3-5,8-9,13H,6-7H2,1-2H3/t8-,9-/m1/s1. The van der Waals surface area contributed by atoms with Gasteiger partial charge in [-0.1, -0.05) is 11.6 Å². The van der Waals surface area contributed by atoms with Gasteiger partial charge in [0.2, 0.25) is 10.0 Å². The summed E-state index contributed by atoms with van der Waals surface area (Å²) in [5, 5.41) is -0.185. The van der Waals surface area contributed by atoms with Crippen molar-refractivity contribution in [1.29, 1.82) is 0 Å². The molecule has 1 aromatic carbocycles. The molecule has 0 bridgehead atoms. The van der Waals surface area contributed by atoms with Crippen molar-refractivity contribution in [3.05, 3.63) is 23.2 Å². The van der Waals surface area contributed by atoms with E-state index in [2.05, 4.69) is 4.74 Å². The SMILES string of the molecule is C[C@@H]1CN(S(=O)(=O)c2ccc(OC(F)F)c(Cl)c2)[C@H](C)CO1. The van der Waals surface area contributed by atoms with Crippen LogP contribution in [0.1, 0.15) is 13.8 Å². The van der Waals surface area contributed by atoms with E-state index in [0.29, 0.717) is 6.61 Å². The number of ether oxygens (including phenoxy) is 2. The molecule has 0 N–H and O–H groups in total. The molecule has 124 valence electrons. The number of nitrogens with zero attached hydrogens (tertiary/aromatic N) is 1. The highest BCUT2D eigenvalue weighted by Crippen LogP contribution is 2.31. The van der Waals surface area contributed by atoms with Crippen LogP contribution in [0.5, 0.6) is 5.75 Å². The molecule has 0 aliphatic carbocycles. The van der Waals surface area contributed by atoms with Crippen LogP contribution in [-0.2, 0) is 14.8 Å². The van der Waals surface area contributed by atoms with Crippen LogP contribution in [0.15, 0.2) is 23.1 Å². The predicted octanol–water partition coefficient (Wildman–Crippen LogP) is 2.74. The molecular weight excluding hydrogens is 340 g/mol. The van der Waals surface area contributed by atoms with Crippen LogP contribution in [0.2, 0.25) is 5.02 Å². The number of benzene rings is 1. The van der Waals surface area contributed by atoms with E-state index in [1.165, 1.54) is 10.4 Å². The molecule has 1 aromatic rings. The van der Waals surface area contributed by atoms with Crippen LogP contribution < -0.4 is 4.74 Å². The third-order valence-electron chi connectivity index (χ3n) is 3.28. The van der Waals surface area contributed by atoms with E-state index in [1.807, 2.05) is 0 Å². The molecule has 1 aliphatic heterocycles. The fourth-order valence-electron chi connectivity index (χ4n) is 2.18. The molecule has 1 saturated heterocycles. The Morgan fingerprint density at radius 3 is 2.68 bits per heavy atom. The highest BCUT2D eigenvalue weighted by Gasteiger charge is 2.34. The van der Waals surface area contributed by atoms with E-state index in [1.54, 1.807) is 13.8 Å². The van der Waals surface area contributed by atoms with Crippen LogP contribution >= 0.6 is 11.6 Å². The van der Waals surface area contributed by atoms with Gasteiger partial charge in [-0.05, 0) is 32.0 Å². The van der Waals surface area contributed by atoms with Gasteiger partial charge in [0, 0.05) is 12.6 Å². The van der Waals surface area contributed by atoms with Gasteiger partial charge < -0.3 is 9.47 Å². The van der Waals surface area contributed by atoms with Gasteiger partial charge in [-0.15, -0.1) is 0 Å². The number of alkyl halides is 2. The van der Waals surface area contributed by atoms with Crippen molar-refractivity contribution >= 4 is 21.6 Å². The van der Waals surface area contributed by atoms with Crippen LogP contribution in [0.4, 0.5) is 8.78 Å². The highest BCUT2D eigenvalue weighted by atomic mass is 35.5. The van der Waals surface area contributed by atoms with Crippen LogP contribution in [-0.4, -0.2) is 44.6 Å². The fourth-order valence-corrected chi connectivity index (χ4v) is 4.18. The Kier molecular flexibility index (Phi) is 5.26. The molecule has 1 aliphatic rings. The van der Waals surface area contributed by atoms with Crippen LogP contribution in [0.3, 0.4) is 0 Å². The van der Waals surface area contributed by atoms with Gasteiger partial charge in [0.15, 0.2) is 0 Å². The van der Waals surface area contributed by atoms with Crippen LogP contribution in [0.25, 0.3) is 0 Å². The van der Waals surface area contributed by atoms with Crippen molar-refractivity contribution in [3.8, 4) is 5.75 Å². The predicted molar refractivity (Wildman–Crippen MR) is 76.9 cm³/mol. The topological polar surface area (TPSA) is 55.8 Å². The summed E-state index contributed by atoms with van der Waals surface area (Å²) in [5.74, 6) is -0.265. The molecule has 9 heteroatoms. The molecule has 5 nitrogen and oxygen atoms in total. The van der Waals surface area contributed by atoms with Crippen LogP contribution in [0, 0.1) is 0 Å². The first-order chi connectivity index (χ1) is 10.2. The Bertz CT molecular complexity index is 641. The Balaban J connectivity index is 2.31. The zero-order valence-corrected chi connectivity index (χ0v) is 13.6. The van der Waals surface area contributed by atoms with Crippen molar-refractivity contribution in [1.82, 2.24) is 4.31 Å². The van der Waals surface area contributed by atoms with Gasteiger partial charge in [-0.3, -0.25) is 0 Å². The Hall–Kier alpha value is -0.960. The summed E-state index contributed by atoms with van der Waals surface area (Å²) in [6.07, 6.45) is -0.220. The smallest absolute Gasteiger partial charge is 0.387 e. The van der Waals surface area contributed by atoms with Crippen molar-refractivity contribution in [2.45, 2.75) is 37.5 Å². The van der Waals surface area contributed by atoms with Gasteiger partial charge >= 0.3 is 6.61 Å². The molecule has 0 aromatic heterocycles. The lowest BCUT2D eigenvalue weighted by atomic mass is 10.2. The maximum Gasteiger partial charge on any atom is 0.387 e. The minimum Gasteiger partial charge on any atom is -0.433 e. The van der Waals surface area contributed by atoms with E-state index >= 15 is 0 Å². The number of rotatable bonds is 4. The fraction of sp³-hybridized carbons (Fsp3) is 0.538. The lowest BCUT2D eigenvalue weighted by molar-refractivity contribution is -0.0498. The lowest BCUT2D eigenvalue weighted by Crippen LogP contribution is -2.50. The van der Waals surface area contributed by atoms with Gasteiger partial charge in [0.05, 0.1) is 22.6 Å². The number of sulfonamides is 1. The van der Waals surface area contributed by atoms with E-state index in [0.717, 1.165) is 12.1 Å². The first kappa shape index (κ1) is 17.4. The molecule has 0 amide bonds. The molecule has 2 rings (SSSR count). The summed E-state index contributed by atoms with van der Waals surface area (Å²) >= 11 is 5.82. The first-order valence-electron chi connectivity index (χ1n) is 6.59. The second kappa shape index (κ2) is 6.66. The quantitative estimate of drug-likeness (QED) is 0.833. The van der Waals surface area contributed by atoms with E-state index in [4.69, 9.17) is 16.3 Å². The van der Waals surface area contributed by atoms with Gasteiger partial charge in [-0.2, -0.15) is 13.1 Å². The number of halogens is 3. The normalized spacial score (nSPS) is 23.7. The number of morpholine rings is 1. The largest absolute Gasteiger partial charge is 0.433 e. The third-order valence-corrected chi connectivity index (χ3v) is 5.55. The summed E-state index contributed by atoms with van der Waals surface area (Å²) in [7, 11) is -3.79. The summed E-state index contributed by atoms with van der Waals surface area (Å²) in [5.41, 5.74) is 0. The maximum absolute atomic E-state index is 12.7. The molecule has 0 radical (unpaired) electrons. The maximum atomic E-state index is 12.7. The Morgan fingerprint density at radius 1 is 1.41 bits per heavy atom. The summed E-state index contributed by atoms with van der Waals surface area (Å²) in [4.78, 5) is -0.0694. The molecule has 22 heavy (non-hydrogen) atoms. The highest BCUT2D eigenvalue weighted by molar-refractivity contribution is 7.89.